The van der Waals surface area contributed by atoms with Crippen molar-refractivity contribution in [1.82, 2.24) is 25.0 Å². The molecule has 0 fully saturated rings. The van der Waals surface area contributed by atoms with Crippen LogP contribution in [0.2, 0.25) is 0 Å². The van der Waals surface area contributed by atoms with Gasteiger partial charge in [0, 0.05) is 38.3 Å². The van der Waals surface area contributed by atoms with E-state index in [0.29, 0.717) is 17.5 Å². The summed E-state index contributed by atoms with van der Waals surface area (Å²) < 4.78 is 7.37. The highest BCUT2D eigenvalue weighted by molar-refractivity contribution is 7.98. The number of aryl methyl sites for hydroxylation is 1. The van der Waals surface area contributed by atoms with Gasteiger partial charge in [-0.1, -0.05) is 11.8 Å². The number of nitrogens with zero attached hydrogens (tertiary/aromatic N) is 6. The molecular formula is C17H22N6OS. The van der Waals surface area contributed by atoms with E-state index in [1.165, 1.54) is 17.4 Å². The largest absolute Gasteiger partial charge is 0.425 e. The second-order valence-electron chi connectivity index (χ2n) is 5.59. The molecule has 0 unspecified atom stereocenters. The maximum atomic E-state index is 5.39. The third-order valence-electron chi connectivity index (χ3n) is 3.98. The molecule has 0 saturated heterocycles. The summed E-state index contributed by atoms with van der Waals surface area (Å²) in [4.78, 5) is 2.31. The second kappa shape index (κ2) is 7.69. The third kappa shape index (κ3) is 3.84. The Morgan fingerprint density at radius 1 is 1.04 bits per heavy atom. The SMILES string of the molecule is CCN(CC)c1ccc(-c2nnc(SCc3nnc(C)o3)n2C)cc1. The zero-order valence-electron chi connectivity index (χ0n) is 14.9. The van der Waals surface area contributed by atoms with E-state index in [1.807, 2.05) is 11.6 Å². The first kappa shape index (κ1) is 17.5. The summed E-state index contributed by atoms with van der Waals surface area (Å²) in [5.74, 6) is 2.58. The van der Waals surface area contributed by atoms with E-state index in [1.54, 1.807) is 6.92 Å². The van der Waals surface area contributed by atoms with Gasteiger partial charge in [0.1, 0.15) is 0 Å². The van der Waals surface area contributed by atoms with Crippen LogP contribution in [0.3, 0.4) is 0 Å². The van der Waals surface area contributed by atoms with Crippen molar-refractivity contribution in [3.63, 3.8) is 0 Å². The van der Waals surface area contributed by atoms with Gasteiger partial charge in [0.15, 0.2) is 11.0 Å². The van der Waals surface area contributed by atoms with E-state index >= 15 is 0 Å². The lowest BCUT2D eigenvalue weighted by molar-refractivity contribution is 0.485. The monoisotopic (exact) mass is 358 g/mol. The topological polar surface area (TPSA) is 72.9 Å². The predicted octanol–water partition coefficient (Wildman–Crippen LogP) is 3.31. The molecular weight excluding hydrogens is 336 g/mol. The molecule has 132 valence electrons. The molecule has 3 aromatic rings. The first-order valence-corrected chi connectivity index (χ1v) is 9.27. The minimum absolute atomic E-state index is 0.572. The minimum Gasteiger partial charge on any atom is -0.425 e. The molecule has 0 radical (unpaired) electrons. The lowest BCUT2D eigenvalue weighted by atomic mass is 10.2. The van der Waals surface area contributed by atoms with E-state index in [-0.39, 0.29) is 0 Å². The van der Waals surface area contributed by atoms with Crippen LogP contribution in [0.1, 0.15) is 25.6 Å². The average molecular weight is 358 g/mol. The van der Waals surface area contributed by atoms with Crippen LogP contribution >= 0.6 is 11.8 Å². The molecule has 1 aromatic carbocycles. The second-order valence-corrected chi connectivity index (χ2v) is 6.53. The van der Waals surface area contributed by atoms with Crippen LogP contribution < -0.4 is 4.90 Å². The summed E-state index contributed by atoms with van der Waals surface area (Å²) in [5, 5.41) is 17.3. The zero-order chi connectivity index (χ0) is 17.8. The van der Waals surface area contributed by atoms with Crippen LogP contribution in [-0.2, 0) is 12.8 Å². The lowest BCUT2D eigenvalue weighted by Crippen LogP contribution is -2.21. The van der Waals surface area contributed by atoms with Gasteiger partial charge in [0.2, 0.25) is 11.8 Å². The molecule has 0 bridgehead atoms. The molecule has 0 spiro atoms. The Hall–Kier alpha value is -2.35. The summed E-state index contributed by atoms with van der Waals surface area (Å²) >= 11 is 1.53. The number of anilines is 1. The van der Waals surface area contributed by atoms with E-state index in [4.69, 9.17) is 4.42 Å². The van der Waals surface area contributed by atoms with Gasteiger partial charge in [-0.05, 0) is 38.1 Å². The molecule has 7 nitrogen and oxygen atoms in total. The Morgan fingerprint density at radius 3 is 2.36 bits per heavy atom. The number of benzene rings is 1. The van der Waals surface area contributed by atoms with Gasteiger partial charge in [0.05, 0.1) is 5.75 Å². The first-order valence-electron chi connectivity index (χ1n) is 8.29. The molecule has 0 N–H and O–H groups in total. The molecule has 8 heteroatoms. The van der Waals surface area contributed by atoms with Gasteiger partial charge < -0.3 is 13.9 Å². The standard InChI is InChI=1S/C17H22N6OS/c1-5-23(6-2)14-9-7-13(8-10-14)16-20-21-17(22(16)4)25-11-15-19-18-12(3)24-15/h7-10H,5-6,11H2,1-4H3. The van der Waals surface area contributed by atoms with Crippen molar-refractivity contribution in [3.8, 4) is 11.4 Å². The minimum atomic E-state index is 0.572. The maximum absolute atomic E-state index is 5.39. The molecule has 0 atom stereocenters. The van der Waals surface area contributed by atoms with Gasteiger partial charge in [0.25, 0.3) is 0 Å². The van der Waals surface area contributed by atoms with Gasteiger partial charge in [-0.25, -0.2) is 0 Å². The van der Waals surface area contributed by atoms with Crippen molar-refractivity contribution >= 4 is 17.4 Å². The fourth-order valence-corrected chi connectivity index (χ4v) is 3.37. The van der Waals surface area contributed by atoms with Gasteiger partial charge in [-0.15, -0.1) is 20.4 Å². The predicted molar refractivity (Wildman–Crippen MR) is 98.6 cm³/mol. The third-order valence-corrected chi connectivity index (χ3v) is 4.99. The van der Waals surface area contributed by atoms with Crippen LogP contribution in [-0.4, -0.2) is 38.1 Å². The quantitative estimate of drug-likeness (QED) is 0.600. The molecule has 0 amide bonds. The van der Waals surface area contributed by atoms with Crippen molar-refractivity contribution < 1.29 is 4.42 Å². The number of rotatable bonds is 7. The lowest BCUT2D eigenvalue weighted by Gasteiger charge is -2.21. The molecule has 0 aliphatic carbocycles. The smallest absolute Gasteiger partial charge is 0.226 e. The number of aromatic nitrogens is 5. The Kier molecular flexibility index (Phi) is 5.37. The van der Waals surface area contributed by atoms with E-state index in [0.717, 1.165) is 29.6 Å². The molecule has 0 aliphatic heterocycles. The van der Waals surface area contributed by atoms with Crippen molar-refractivity contribution in [2.24, 2.45) is 7.05 Å². The first-order chi connectivity index (χ1) is 12.1. The Morgan fingerprint density at radius 2 is 1.76 bits per heavy atom. The van der Waals surface area contributed by atoms with Crippen LogP contribution in [0.25, 0.3) is 11.4 Å². The van der Waals surface area contributed by atoms with Crippen LogP contribution in [0, 0.1) is 6.92 Å². The average Bonchev–Trinajstić information content (AvgIpc) is 3.20. The molecule has 2 heterocycles. The summed E-state index contributed by atoms with van der Waals surface area (Å²) in [7, 11) is 1.97. The highest BCUT2D eigenvalue weighted by Gasteiger charge is 2.13. The number of hydrogen-bond acceptors (Lipinski definition) is 7. The number of thioether (sulfide) groups is 1. The Balaban J connectivity index is 1.74. The van der Waals surface area contributed by atoms with E-state index in [9.17, 15) is 0 Å². The molecule has 25 heavy (non-hydrogen) atoms. The zero-order valence-corrected chi connectivity index (χ0v) is 15.7. The highest BCUT2D eigenvalue weighted by Crippen LogP contribution is 2.26. The summed E-state index contributed by atoms with van der Waals surface area (Å²) in [5.41, 5.74) is 2.27. The van der Waals surface area contributed by atoms with Gasteiger partial charge in [-0.2, -0.15) is 0 Å². The summed E-state index contributed by atoms with van der Waals surface area (Å²) in [6.07, 6.45) is 0. The Bertz CT molecular complexity index is 822. The van der Waals surface area contributed by atoms with E-state index in [2.05, 4.69) is 63.4 Å². The fourth-order valence-electron chi connectivity index (χ4n) is 2.62. The molecule has 2 aromatic heterocycles. The summed E-state index contributed by atoms with van der Waals surface area (Å²) in [6, 6.07) is 8.44. The van der Waals surface area contributed by atoms with Crippen LogP contribution in [0.15, 0.2) is 33.8 Å². The van der Waals surface area contributed by atoms with E-state index < -0.39 is 0 Å². The van der Waals surface area contributed by atoms with Crippen molar-refractivity contribution in [2.75, 3.05) is 18.0 Å². The molecule has 0 aliphatic rings. The van der Waals surface area contributed by atoms with Crippen molar-refractivity contribution in [3.05, 3.63) is 36.0 Å². The fraction of sp³-hybridized carbons (Fsp3) is 0.412. The maximum Gasteiger partial charge on any atom is 0.226 e. The van der Waals surface area contributed by atoms with Gasteiger partial charge >= 0.3 is 0 Å². The number of hydrogen-bond donors (Lipinski definition) is 0. The van der Waals surface area contributed by atoms with Crippen molar-refractivity contribution in [1.29, 1.82) is 0 Å². The van der Waals surface area contributed by atoms with Gasteiger partial charge in [-0.3, -0.25) is 0 Å². The van der Waals surface area contributed by atoms with Crippen LogP contribution in [0.4, 0.5) is 5.69 Å². The van der Waals surface area contributed by atoms with Crippen molar-refractivity contribution in [2.45, 2.75) is 31.7 Å². The normalized spacial score (nSPS) is 11.0. The summed E-state index contributed by atoms with van der Waals surface area (Å²) in [6.45, 7) is 8.10. The van der Waals surface area contributed by atoms with Crippen LogP contribution in [0.5, 0.6) is 0 Å². The molecule has 3 rings (SSSR count). The Labute approximate surface area is 151 Å². The molecule has 0 saturated carbocycles. The highest BCUT2D eigenvalue weighted by atomic mass is 32.2.